The Balaban J connectivity index is 2.22. The minimum Gasteiger partial charge on any atom is -0.462 e. The molecule has 0 spiro atoms. The lowest BCUT2D eigenvalue weighted by atomic mass is 10.1. The van der Waals surface area contributed by atoms with Gasteiger partial charge in [-0.1, -0.05) is 6.92 Å². The molecule has 0 aliphatic carbocycles. The highest BCUT2D eigenvalue weighted by Crippen LogP contribution is 2.17. The first kappa shape index (κ1) is 15.4. The second-order valence-electron chi connectivity index (χ2n) is 5.57. The maximum Gasteiger partial charge on any atom is 0.323 e. The zero-order valence-corrected chi connectivity index (χ0v) is 12.2. The molecule has 2 atom stereocenters. The first-order valence-corrected chi connectivity index (χ1v) is 7.18. The smallest absolute Gasteiger partial charge is 0.323 e. The van der Waals surface area contributed by atoms with Gasteiger partial charge >= 0.3 is 5.97 Å². The summed E-state index contributed by atoms with van der Waals surface area (Å²) in [6, 6.07) is 0.378. The monoisotopic (exact) mass is 256 g/mol. The van der Waals surface area contributed by atoms with Crippen LogP contribution in [0.15, 0.2) is 0 Å². The van der Waals surface area contributed by atoms with Crippen LogP contribution in [-0.2, 0) is 9.53 Å². The highest BCUT2D eigenvalue weighted by atomic mass is 16.5. The molecule has 4 nitrogen and oxygen atoms in total. The number of esters is 1. The van der Waals surface area contributed by atoms with E-state index < -0.39 is 0 Å². The number of hydrogen-bond donors (Lipinski definition) is 1. The average Bonchev–Trinajstić information content (AvgIpc) is 2.74. The van der Waals surface area contributed by atoms with E-state index in [1.807, 2.05) is 13.8 Å². The maximum absolute atomic E-state index is 11.7. The molecule has 2 unspecified atom stereocenters. The lowest BCUT2D eigenvalue weighted by Crippen LogP contribution is -2.38. The summed E-state index contributed by atoms with van der Waals surface area (Å²) >= 11 is 0. The third-order valence-corrected chi connectivity index (χ3v) is 3.34. The van der Waals surface area contributed by atoms with Crippen molar-refractivity contribution in [2.24, 2.45) is 0 Å². The lowest BCUT2D eigenvalue weighted by Gasteiger charge is -2.19. The number of nitrogens with zero attached hydrogens (tertiary/aromatic N) is 1. The predicted octanol–water partition coefficient (Wildman–Crippen LogP) is 1.79. The van der Waals surface area contributed by atoms with Crippen LogP contribution in [0.25, 0.3) is 0 Å². The topological polar surface area (TPSA) is 41.6 Å². The third-order valence-electron chi connectivity index (χ3n) is 3.34. The van der Waals surface area contributed by atoms with Crippen molar-refractivity contribution < 1.29 is 9.53 Å². The van der Waals surface area contributed by atoms with E-state index in [1.54, 1.807) is 0 Å². The van der Waals surface area contributed by atoms with Crippen molar-refractivity contribution in [3.05, 3.63) is 0 Å². The van der Waals surface area contributed by atoms with Crippen molar-refractivity contribution in [2.45, 2.75) is 64.6 Å². The molecule has 0 radical (unpaired) electrons. The number of nitrogens with one attached hydrogen (secondary N) is 1. The molecule has 0 saturated carbocycles. The molecule has 1 aliphatic rings. The Kier molecular flexibility index (Phi) is 6.65. The van der Waals surface area contributed by atoms with Crippen LogP contribution in [0.2, 0.25) is 0 Å². The molecule has 4 heteroatoms. The fourth-order valence-electron chi connectivity index (χ4n) is 2.42. The summed E-state index contributed by atoms with van der Waals surface area (Å²) in [5.74, 6) is -0.0885. The van der Waals surface area contributed by atoms with E-state index >= 15 is 0 Å². The second-order valence-corrected chi connectivity index (χ2v) is 5.57. The minimum atomic E-state index is -0.0890. The van der Waals surface area contributed by atoms with E-state index in [4.69, 9.17) is 4.74 Å². The third kappa shape index (κ3) is 5.36. The quantitative estimate of drug-likeness (QED) is 0.705. The predicted molar refractivity (Wildman–Crippen MR) is 73.6 cm³/mol. The van der Waals surface area contributed by atoms with Crippen LogP contribution in [0.3, 0.4) is 0 Å². The van der Waals surface area contributed by atoms with Crippen LogP contribution >= 0.6 is 0 Å². The fraction of sp³-hybridized carbons (Fsp3) is 0.929. The fourth-order valence-corrected chi connectivity index (χ4v) is 2.42. The van der Waals surface area contributed by atoms with Crippen LogP contribution in [-0.4, -0.2) is 49.2 Å². The molecule has 0 bridgehead atoms. The molecule has 0 aromatic rings. The van der Waals surface area contributed by atoms with Gasteiger partial charge in [0.2, 0.25) is 0 Å². The summed E-state index contributed by atoms with van der Waals surface area (Å²) in [6.45, 7) is 8.22. The summed E-state index contributed by atoms with van der Waals surface area (Å²) in [5.41, 5.74) is 0. The molecule has 1 aliphatic heterocycles. The first-order valence-electron chi connectivity index (χ1n) is 7.18. The molecule has 0 amide bonds. The van der Waals surface area contributed by atoms with Gasteiger partial charge in [-0.05, 0) is 59.7 Å². The van der Waals surface area contributed by atoms with E-state index in [1.165, 1.54) is 6.42 Å². The maximum atomic E-state index is 11.7. The van der Waals surface area contributed by atoms with Crippen molar-refractivity contribution in [3.63, 3.8) is 0 Å². The minimum absolute atomic E-state index is 0.0194. The molecular formula is C14H28N2O2. The van der Waals surface area contributed by atoms with E-state index in [-0.39, 0.29) is 18.1 Å². The van der Waals surface area contributed by atoms with Gasteiger partial charge in [0.15, 0.2) is 0 Å². The highest BCUT2D eigenvalue weighted by Gasteiger charge is 2.30. The summed E-state index contributed by atoms with van der Waals surface area (Å²) < 4.78 is 5.23. The second kappa shape index (κ2) is 7.74. The van der Waals surface area contributed by atoms with Gasteiger partial charge in [0.05, 0.1) is 6.10 Å². The van der Waals surface area contributed by atoms with Gasteiger partial charge in [-0.3, -0.25) is 4.79 Å². The summed E-state index contributed by atoms with van der Waals surface area (Å²) in [7, 11) is 2.16. The Morgan fingerprint density at radius 2 is 2.11 bits per heavy atom. The molecule has 1 rings (SSSR count). The van der Waals surface area contributed by atoms with Gasteiger partial charge < -0.3 is 15.0 Å². The zero-order valence-electron chi connectivity index (χ0n) is 12.2. The Hall–Kier alpha value is -0.610. The molecule has 1 fully saturated rings. The number of carbonyl (C=O) groups is 1. The standard InChI is InChI=1S/C14H28N2O2/c1-5-9-16(4)10-8-12-6-7-13(15-12)14(17)18-11(2)3/h11-13,15H,5-10H2,1-4H3. The summed E-state index contributed by atoms with van der Waals surface area (Å²) in [4.78, 5) is 14.1. The number of hydrogen-bond acceptors (Lipinski definition) is 4. The normalized spacial score (nSPS) is 23.9. The Bertz CT molecular complexity index is 256. The van der Waals surface area contributed by atoms with Crippen LogP contribution in [0, 0.1) is 0 Å². The molecular weight excluding hydrogens is 228 g/mol. The van der Waals surface area contributed by atoms with Gasteiger partial charge in [-0.25, -0.2) is 0 Å². The number of rotatable bonds is 7. The van der Waals surface area contributed by atoms with Crippen molar-refractivity contribution in [3.8, 4) is 0 Å². The van der Waals surface area contributed by atoms with Gasteiger partial charge in [-0.15, -0.1) is 0 Å². The molecule has 1 heterocycles. The molecule has 0 aromatic heterocycles. The molecule has 0 aromatic carbocycles. The van der Waals surface area contributed by atoms with Gasteiger partial charge in [0.1, 0.15) is 6.04 Å². The van der Waals surface area contributed by atoms with Crippen LogP contribution in [0.5, 0.6) is 0 Å². The Morgan fingerprint density at radius 1 is 1.39 bits per heavy atom. The van der Waals surface area contributed by atoms with Gasteiger partial charge in [0.25, 0.3) is 0 Å². The highest BCUT2D eigenvalue weighted by molar-refractivity contribution is 5.76. The van der Waals surface area contributed by atoms with Crippen LogP contribution < -0.4 is 5.32 Å². The summed E-state index contributed by atoms with van der Waals surface area (Å²) in [6.07, 6.45) is 4.28. The number of ether oxygens (including phenoxy) is 1. The van der Waals surface area contributed by atoms with Crippen LogP contribution in [0.4, 0.5) is 0 Å². The summed E-state index contributed by atoms with van der Waals surface area (Å²) in [5, 5.41) is 3.39. The van der Waals surface area contributed by atoms with Gasteiger partial charge in [0, 0.05) is 6.04 Å². The Morgan fingerprint density at radius 3 is 2.72 bits per heavy atom. The van der Waals surface area contributed by atoms with E-state index in [9.17, 15) is 4.79 Å². The van der Waals surface area contributed by atoms with Crippen molar-refractivity contribution in [1.29, 1.82) is 0 Å². The van der Waals surface area contributed by atoms with Crippen LogP contribution in [0.1, 0.15) is 46.5 Å². The lowest BCUT2D eigenvalue weighted by molar-refractivity contribution is -0.149. The largest absolute Gasteiger partial charge is 0.462 e. The van der Waals surface area contributed by atoms with Gasteiger partial charge in [-0.2, -0.15) is 0 Å². The van der Waals surface area contributed by atoms with E-state index in [0.29, 0.717) is 6.04 Å². The first-order chi connectivity index (χ1) is 8.52. The van der Waals surface area contributed by atoms with Crippen molar-refractivity contribution >= 4 is 5.97 Å². The number of carbonyl (C=O) groups excluding carboxylic acids is 1. The Labute approximate surface area is 111 Å². The van der Waals surface area contributed by atoms with Crippen molar-refractivity contribution in [2.75, 3.05) is 20.1 Å². The van der Waals surface area contributed by atoms with Crippen molar-refractivity contribution in [1.82, 2.24) is 10.2 Å². The molecule has 1 N–H and O–H groups in total. The van der Waals surface area contributed by atoms with E-state index in [0.717, 1.165) is 32.4 Å². The SMILES string of the molecule is CCCN(C)CCC1CCC(C(=O)OC(C)C)N1. The molecule has 18 heavy (non-hydrogen) atoms. The average molecular weight is 256 g/mol. The van der Waals surface area contributed by atoms with E-state index in [2.05, 4.69) is 24.2 Å². The molecule has 1 saturated heterocycles. The zero-order chi connectivity index (χ0) is 13.5. The molecule has 106 valence electrons.